The van der Waals surface area contributed by atoms with Crippen LogP contribution in [-0.2, 0) is 0 Å². The zero-order valence-electron chi connectivity index (χ0n) is 42.5. The predicted molar refractivity (Wildman–Crippen MR) is 317 cm³/mol. The molecule has 360 valence electrons. The van der Waals surface area contributed by atoms with Crippen molar-refractivity contribution >= 4 is 60.5 Å². The lowest BCUT2D eigenvalue weighted by Crippen LogP contribution is -2.04. The quantitative estimate of drug-likeness (QED) is 0.122. The third kappa shape index (κ3) is 8.35. The number of ether oxygens (including phenoxy) is 1. The van der Waals surface area contributed by atoms with Gasteiger partial charge in [0.25, 0.3) is 0 Å². The maximum Gasteiger partial charge on any atom is 0.152 e. The summed E-state index contributed by atoms with van der Waals surface area (Å²) in [5, 5.41) is 16.4. The molecule has 1 N–H and O–H groups in total. The average molecular weight is 967 g/mol. The third-order valence-corrected chi connectivity index (χ3v) is 14.6. The topological polar surface area (TPSA) is 39.3 Å². The number of para-hydroxylation sites is 3. The number of fused-ring (bicyclic) bond motifs is 8. The summed E-state index contributed by atoms with van der Waals surface area (Å²) in [6, 6.07) is 66.0. The number of hydrogen-bond acceptors (Lipinski definition) is 2. The minimum absolute atomic E-state index is 0.171. The predicted octanol–water partition coefficient (Wildman–Crippen LogP) is 18.8. The van der Waals surface area contributed by atoms with Gasteiger partial charge in [-0.3, -0.25) is 0 Å². The molecule has 0 spiro atoms. The standard InChI is InChI=1S/C64H46N2O2.C7H8/c1-5-16-48(17-6-2)65-57-32-30-44(36-53(57)54-37-45(31-33-58(54)65)43-29-28-41(4)52(35-43)49-21-10-7-18-40(49)3)42-19-8-9-20-46(34-42)63-50(23-15-26-60(63)67)47-38-55-51-22-11-12-24-56(51)66-59-25-13-14-27-61(59)68-62(39-47)64(55)66;1-7-5-3-2-4-6-7/h5-7,10-19,21-39,67H,1,8H2,2-4H3;2-6H,1H3/b17-6-,48-16+;. The summed E-state index contributed by atoms with van der Waals surface area (Å²) in [6.07, 6.45) is 13.0. The highest BCUT2D eigenvalue weighted by Gasteiger charge is 2.26. The van der Waals surface area contributed by atoms with Crippen molar-refractivity contribution in [1.82, 2.24) is 9.13 Å². The van der Waals surface area contributed by atoms with E-state index in [0.29, 0.717) is 12.0 Å². The number of phenolic OH excluding ortho intramolecular Hbond substituents is 1. The smallest absolute Gasteiger partial charge is 0.152 e. The van der Waals surface area contributed by atoms with Crippen LogP contribution in [0.4, 0.5) is 0 Å². The Balaban J connectivity index is 0.000000753. The first-order valence-electron chi connectivity index (χ1n) is 25.6. The molecule has 4 nitrogen and oxygen atoms in total. The summed E-state index contributed by atoms with van der Waals surface area (Å²) in [4.78, 5) is 0. The van der Waals surface area contributed by atoms with Crippen LogP contribution in [0.15, 0.2) is 231 Å². The van der Waals surface area contributed by atoms with Gasteiger partial charge in [0.15, 0.2) is 11.5 Å². The normalized spacial score (nSPS) is 12.9. The van der Waals surface area contributed by atoms with Crippen molar-refractivity contribution in [2.24, 2.45) is 0 Å². The molecule has 75 heavy (non-hydrogen) atoms. The molecular formula is C71H54N2O2. The van der Waals surface area contributed by atoms with Gasteiger partial charge < -0.3 is 19.0 Å². The largest absolute Gasteiger partial charge is 0.507 e. The number of aryl methyl sites for hydroxylation is 3. The van der Waals surface area contributed by atoms with Gasteiger partial charge >= 0.3 is 0 Å². The van der Waals surface area contributed by atoms with Gasteiger partial charge in [-0.1, -0.05) is 164 Å². The molecule has 9 aromatic carbocycles. The van der Waals surface area contributed by atoms with Crippen molar-refractivity contribution in [2.75, 3.05) is 0 Å². The van der Waals surface area contributed by atoms with Crippen LogP contribution in [0.1, 0.15) is 41.2 Å². The van der Waals surface area contributed by atoms with Crippen LogP contribution in [0.2, 0.25) is 0 Å². The van der Waals surface area contributed by atoms with Crippen molar-refractivity contribution in [2.45, 2.75) is 34.1 Å². The van der Waals surface area contributed by atoms with Crippen molar-refractivity contribution in [3.8, 4) is 68.2 Å². The lowest BCUT2D eigenvalue weighted by Gasteiger charge is -2.22. The van der Waals surface area contributed by atoms with Gasteiger partial charge in [0.2, 0.25) is 0 Å². The van der Waals surface area contributed by atoms with Gasteiger partial charge in [0, 0.05) is 44.8 Å². The van der Waals surface area contributed by atoms with E-state index < -0.39 is 0 Å². The van der Waals surface area contributed by atoms with Gasteiger partial charge in [-0.25, -0.2) is 0 Å². The minimum Gasteiger partial charge on any atom is -0.507 e. The minimum atomic E-state index is 0.171. The highest BCUT2D eigenvalue weighted by Crippen LogP contribution is 2.49. The second-order valence-corrected chi connectivity index (χ2v) is 19.3. The molecule has 0 unspecified atom stereocenters. The average Bonchev–Trinajstić information content (AvgIpc) is 3.92. The molecule has 0 bridgehead atoms. The first-order valence-corrected chi connectivity index (χ1v) is 25.6. The van der Waals surface area contributed by atoms with Crippen LogP contribution < -0.4 is 4.74 Å². The Morgan fingerprint density at radius 3 is 2.05 bits per heavy atom. The third-order valence-electron chi connectivity index (χ3n) is 14.6. The lowest BCUT2D eigenvalue weighted by molar-refractivity contribution is 0.473. The second kappa shape index (κ2) is 19.5. The fourth-order valence-corrected chi connectivity index (χ4v) is 11.0. The molecule has 1 aliphatic heterocycles. The van der Waals surface area contributed by atoms with Crippen LogP contribution in [-0.4, -0.2) is 14.2 Å². The van der Waals surface area contributed by atoms with E-state index in [0.717, 1.165) is 99.9 Å². The number of hydrogen-bond donors (Lipinski definition) is 1. The first-order chi connectivity index (χ1) is 36.8. The number of aromatic hydroxyl groups is 1. The second-order valence-electron chi connectivity index (χ2n) is 19.3. The maximum absolute atomic E-state index is 11.9. The molecule has 0 atom stereocenters. The van der Waals surface area contributed by atoms with Crippen LogP contribution in [0.25, 0.3) is 99.5 Å². The van der Waals surface area contributed by atoms with Crippen molar-refractivity contribution < 1.29 is 9.84 Å². The molecular weight excluding hydrogens is 913 g/mol. The molecule has 0 saturated heterocycles. The lowest BCUT2D eigenvalue weighted by atomic mass is 9.91. The van der Waals surface area contributed by atoms with E-state index in [1.807, 2.05) is 49.4 Å². The van der Waals surface area contributed by atoms with Crippen LogP contribution >= 0.6 is 0 Å². The van der Waals surface area contributed by atoms with E-state index in [2.05, 4.69) is 224 Å². The summed E-state index contributed by atoms with van der Waals surface area (Å²) in [7, 11) is 0. The molecule has 3 heterocycles. The van der Waals surface area contributed by atoms with Gasteiger partial charge in [0.05, 0.1) is 27.8 Å². The zero-order chi connectivity index (χ0) is 51.2. The first kappa shape index (κ1) is 46.5. The van der Waals surface area contributed by atoms with Crippen LogP contribution in [0, 0.1) is 32.6 Å². The number of rotatable bonds is 8. The summed E-state index contributed by atoms with van der Waals surface area (Å²) < 4.78 is 11.3. The fourth-order valence-electron chi connectivity index (χ4n) is 11.0. The summed E-state index contributed by atoms with van der Waals surface area (Å²) >= 11 is 0. The van der Waals surface area contributed by atoms with E-state index in [1.165, 1.54) is 33.4 Å². The fraction of sp³-hybridized carbons (Fsp3) is 0.0704. The number of aromatic nitrogens is 2. The monoisotopic (exact) mass is 966 g/mol. The summed E-state index contributed by atoms with van der Waals surface area (Å²) in [5.41, 5.74) is 20.4. The van der Waals surface area contributed by atoms with E-state index in [-0.39, 0.29) is 5.75 Å². The Kier molecular flexibility index (Phi) is 12.1. The Morgan fingerprint density at radius 2 is 1.27 bits per heavy atom. The van der Waals surface area contributed by atoms with Gasteiger partial charge in [-0.2, -0.15) is 0 Å². The molecule has 13 rings (SSSR count). The summed E-state index contributed by atoms with van der Waals surface area (Å²) in [5.74, 6) is 8.62. The van der Waals surface area contributed by atoms with Crippen molar-refractivity contribution in [3.63, 3.8) is 0 Å². The zero-order valence-corrected chi connectivity index (χ0v) is 42.5. The van der Waals surface area contributed by atoms with E-state index in [1.54, 1.807) is 6.07 Å². The van der Waals surface area contributed by atoms with Gasteiger partial charge in [-0.05, 0) is 168 Å². The highest BCUT2D eigenvalue weighted by atomic mass is 16.5. The number of allylic oxidation sites excluding steroid dienone is 9. The number of phenols is 1. The molecule has 4 heteroatoms. The SMILES string of the molecule is C=C/C=C(\C=C/C)n1c2ccc(C3=CCC#CC(c4c(O)cccc4-c4cc5c6c(c4)c4ccccc4n6-c4ccccc4O5)=C3)cc2c2cc(-c3ccc(C)c(-c4ccccc4C)c3)ccc21.Cc1ccccc1. The Bertz CT molecular complexity index is 4310. The maximum atomic E-state index is 11.9. The van der Waals surface area contributed by atoms with Crippen molar-refractivity contribution in [3.05, 3.63) is 259 Å². The van der Waals surface area contributed by atoms with Crippen LogP contribution in [0.3, 0.4) is 0 Å². The Morgan fingerprint density at radius 1 is 0.587 bits per heavy atom. The van der Waals surface area contributed by atoms with E-state index in [9.17, 15) is 5.11 Å². The summed E-state index contributed by atoms with van der Waals surface area (Å²) in [6.45, 7) is 12.6. The number of nitrogens with zero attached hydrogens (tertiary/aromatic N) is 2. The molecule has 2 aliphatic rings. The molecule has 11 aromatic rings. The van der Waals surface area contributed by atoms with Crippen LogP contribution in [0.5, 0.6) is 17.2 Å². The van der Waals surface area contributed by atoms with E-state index in [4.69, 9.17) is 4.74 Å². The van der Waals surface area contributed by atoms with Gasteiger partial charge in [-0.15, -0.1) is 0 Å². The molecule has 2 aromatic heterocycles. The molecule has 0 saturated carbocycles. The van der Waals surface area contributed by atoms with E-state index >= 15 is 0 Å². The molecule has 0 fully saturated rings. The Hall–Kier alpha value is -9.56. The number of benzene rings is 9. The molecule has 0 radical (unpaired) electrons. The highest BCUT2D eigenvalue weighted by molar-refractivity contribution is 6.15. The molecule has 1 aliphatic carbocycles. The molecule has 0 amide bonds. The van der Waals surface area contributed by atoms with Crippen molar-refractivity contribution in [1.29, 1.82) is 0 Å². The Labute approximate surface area is 438 Å². The van der Waals surface area contributed by atoms with Gasteiger partial charge in [0.1, 0.15) is 5.75 Å².